The molecule has 0 heterocycles. The van der Waals surface area contributed by atoms with E-state index in [1.54, 1.807) is 7.05 Å². The summed E-state index contributed by atoms with van der Waals surface area (Å²) in [4.78, 5) is 11.0. The summed E-state index contributed by atoms with van der Waals surface area (Å²) in [6.07, 6.45) is -0.531. The van der Waals surface area contributed by atoms with Gasteiger partial charge in [-0.1, -0.05) is 12.1 Å². The van der Waals surface area contributed by atoms with E-state index in [1.165, 1.54) is 6.92 Å². The van der Waals surface area contributed by atoms with E-state index in [1.807, 2.05) is 24.3 Å². The van der Waals surface area contributed by atoms with Gasteiger partial charge in [0.15, 0.2) is 0 Å². The largest absolute Gasteiger partial charge is 0.480 e. The Balaban J connectivity index is 2.66. The lowest BCUT2D eigenvalue weighted by molar-refractivity contribution is -0.140. The van der Waals surface area contributed by atoms with Crippen LogP contribution in [0.4, 0.5) is 5.69 Å². The van der Waals surface area contributed by atoms with E-state index in [0.717, 1.165) is 11.3 Å². The second kappa shape index (κ2) is 6.95. The SMILES string of the molecule is CNNc1ccc(CC(NC(C)O)C(=O)O)cc1. The predicted octanol–water partition coefficient (Wildman–Crippen LogP) is 0.156. The van der Waals surface area contributed by atoms with Gasteiger partial charge < -0.3 is 15.6 Å². The Morgan fingerprint density at radius 3 is 2.39 bits per heavy atom. The smallest absolute Gasteiger partial charge is 0.321 e. The zero-order chi connectivity index (χ0) is 13.5. The van der Waals surface area contributed by atoms with Gasteiger partial charge in [0.2, 0.25) is 0 Å². The first-order chi connectivity index (χ1) is 8.52. The molecule has 0 spiro atoms. The Hall–Kier alpha value is -1.63. The molecule has 0 aliphatic carbocycles. The number of hydrogen-bond donors (Lipinski definition) is 5. The van der Waals surface area contributed by atoms with Crippen molar-refractivity contribution in [2.24, 2.45) is 0 Å². The molecule has 100 valence electrons. The van der Waals surface area contributed by atoms with Crippen molar-refractivity contribution in [3.05, 3.63) is 29.8 Å². The van der Waals surface area contributed by atoms with Crippen LogP contribution in [0, 0.1) is 0 Å². The minimum atomic E-state index is -0.978. The molecule has 6 heteroatoms. The van der Waals surface area contributed by atoms with E-state index in [9.17, 15) is 9.90 Å². The number of carboxylic acids is 1. The highest BCUT2D eigenvalue weighted by Gasteiger charge is 2.18. The molecular formula is C12H19N3O3. The molecule has 0 radical (unpaired) electrons. The molecule has 1 rings (SSSR count). The number of hydrogen-bond acceptors (Lipinski definition) is 5. The molecular weight excluding hydrogens is 234 g/mol. The number of hydrazine groups is 1. The van der Waals surface area contributed by atoms with Gasteiger partial charge >= 0.3 is 5.97 Å². The van der Waals surface area contributed by atoms with Crippen LogP contribution in [-0.2, 0) is 11.2 Å². The van der Waals surface area contributed by atoms with Crippen molar-refractivity contribution < 1.29 is 15.0 Å². The number of aliphatic hydroxyl groups excluding tert-OH is 1. The first kappa shape index (κ1) is 14.4. The normalized spacial score (nSPS) is 13.9. The van der Waals surface area contributed by atoms with Crippen LogP contribution in [0.15, 0.2) is 24.3 Å². The molecule has 0 aliphatic heterocycles. The molecule has 2 unspecified atom stereocenters. The van der Waals surface area contributed by atoms with Crippen molar-refractivity contribution in [1.29, 1.82) is 0 Å². The molecule has 5 N–H and O–H groups in total. The van der Waals surface area contributed by atoms with Crippen molar-refractivity contribution in [1.82, 2.24) is 10.7 Å². The maximum Gasteiger partial charge on any atom is 0.321 e. The predicted molar refractivity (Wildman–Crippen MR) is 69.1 cm³/mol. The number of carboxylic acid groups (broad SMARTS) is 1. The first-order valence-corrected chi connectivity index (χ1v) is 5.71. The van der Waals surface area contributed by atoms with E-state index >= 15 is 0 Å². The van der Waals surface area contributed by atoms with Crippen LogP contribution in [0.25, 0.3) is 0 Å². The van der Waals surface area contributed by atoms with Gasteiger partial charge in [0.25, 0.3) is 0 Å². The molecule has 1 aromatic rings. The molecule has 0 fully saturated rings. The van der Waals surface area contributed by atoms with Gasteiger partial charge in [-0.15, -0.1) is 0 Å². The highest BCUT2D eigenvalue weighted by molar-refractivity contribution is 5.74. The minimum Gasteiger partial charge on any atom is -0.480 e. The van der Waals surface area contributed by atoms with E-state index in [0.29, 0.717) is 6.42 Å². The highest BCUT2D eigenvalue weighted by Crippen LogP contribution is 2.10. The van der Waals surface area contributed by atoms with E-state index in [-0.39, 0.29) is 0 Å². The number of anilines is 1. The standard InChI is InChI=1S/C12H19N3O3/c1-8(16)14-11(12(17)18)7-9-3-5-10(6-4-9)15-13-2/h3-6,8,11,13-16H,7H2,1-2H3,(H,17,18). The van der Waals surface area contributed by atoms with Crippen molar-refractivity contribution >= 4 is 11.7 Å². The van der Waals surface area contributed by atoms with Gasteiger partial charge in [-0.3, -0.25) is 10.1 Å². The lowest BCUT2D eigenvalue weighted by atomic mass is 10.1. The van der Waals surface area contributed by atoms with Gasteiger partial charge in [-0.05, 0) is 31.0 Å². The third-order valence-corrected chi connectivity index (χ3v) is 2.40. The van der Waals surface area contributed by atoms with Gasteiger partial charge in [0.05, 0.1) is 0 Å². The Kier molecular flexibility index (Phi) is 5.57. The topological polar surface area (TPSA) is 93.6 Å². The lowest BCUT2D eigenvalue weighted by Crippen LogP contribution is -2.43. The van der Waals surface area contributed by atoms with Crippen LogP contribution >= 0.6 is 0 Å². The molecule has 0 amide bonds. The summed E-state index contributed by atoms with van der Waals surface area (Å²) in [7, 11) is 1.76. The minimum absolute atomic E-state index is 0.320. The Labute approximate surface area is 106 Å². The molecule has 0 saturated heterocycles. The second-order valence-electron chi connectivity index (χ2n) is 4.01. The maximum atomic E-state index is 11.0. The number of carbonyl (C=O) groups is 1. The van der Waals surface area contributed by atoms with Crippen LogP contribution < -0.4 is 16.2 Å². The third-order valence-electron chi connectivity index (χ3n) is 2.40. The van der Waals surface area contributed by atoms with Gasteiger partial charge in [0.1, 0.15) is 12.3 Å². The number of nitrogens with one attached hydrogen (secondary N) is 3. The van der Waals surface area contributed by atoms with Crippen LogP contribution in [-0.4, -0.2) is 35.5 Å². The summed E-state index contributed by atoms with van der Waals surface area (Å²) >= 11 is 0. The van der Waals surface area contributed by atoms with Crippen LogP contribution in [0.2, 0.25) is 0 Å². The number of aliphatic carboxylic acids is 1. The Morgan fingerprint density at radius 2 is 1.94 bits per heavy atom. The van der Waals surface area contributed by atoms with Crippen molar-refractivity contribution in [2.75, 3.05) is 12.5 Å². The summed E-state index contributed by atoms with van der Waals surface area (Å²) in [5.74, 6) is -0.978. The zero-order valence-electron chi connectivity index (χ0n) is 10.5. The molecule has 0 aliphatic rings. The highest BCUT2D eigenvalue weighted by atomic mass is 16.4. The molecule has 6 nitrogen and oxygen atoms in total. The lowest BCUT2D eigenvalue weighted by Gasteiger charge is -2.16. The Morgan fingerprint density at radius 1 is 1.33 bits per heavy atom. The first-order valence-electron chi connectivity index (χ1n) is 5.71. The second-order valence-corrected chi connectivity index (χ2v) is 4.01. The summed E-state index contributed by atoms with van der Waals surface area (Å²) in [5, 5.41) is 20.8. The molecule has 2 atom stereocenters. The van der Waals surface area contributed by atoms with Crippen molar-refractivity contribution in [3.8, 4) is 0 Å². The number of aliphatic hydroxyl groups is 1. The average Bonchev–Trinajstić information content (AvgIpc) is 2.30. The van der Waals surface area contributed by atoms with Crippen LogP contribution in [0.5, 0.6) is 0 Å². The zero-order valence-corrected chi connectivity index (χ0v) is 10.5. The van der Waals surface area contributed by atoms with E-state index in [4.69, 9.17) is 5.11 Å². The van der Waals surface area contributed by atoms with Crippen LogP contribution in [0.3, 0.4) is 0 Å². The van der Waals surface area contributed by atoms with E-state index in [2.05, 4.69) is 16.2 Å². The van der Waals surface area contributed by atoms with Crippen LogP contribution in [0.1, 0.15) is 12.5 Å². The Bertz CT molecular complexity index is 379. The third kappa shape index (κ3) is 4.70. The fraction of sp³-hybridized carbons (Fsp3) is 0.417. The fourth-order valence-corrected chi connectivity index (χ4v) is 1.61. The quantitative estimate of drug-likeness (QED) is 0.351. The summed E-state index contributed by atoms with van der Waals surface area (Å²) < 4.78 is 0. The molecule has 0 bridgehead atoms. The maximum absolute atomic E-state index is 11.0. The van der Waals surface area contributed by atoms with Gasteiger partial charge in [-0.25, -0.2) is 5.43 Å². The summed E-state index contributed by atoms with van der Waals surface area (Å²) in [5.41, 5.74) is 7.51. The summed E-state index contributed by atoms with van der Waals surface area (Å²) in [6.45, 7) is 1.50. The molecule has 18 heavy (non-hydrogen) atoms. The molecule has 1 aromatic carbocycles. The monoisotopic (exact) mass is 253 g/mol. The fourth-order valence-electron chi connectivity index (χ4n) is 1.61. The summed E-state index contributed by atoms with van der Waals surface area (Å²) in [6, 6.07) is 6.60. The van der Waals surface area contributed by atoms with Crippen molar-refractivity contribution in [2.45, 2.75) is 25.6 Å². The average molecular weight is 253 g/mol. The van der Waals surface area contributed by atoms with E-state index < -0.39 is 18.2 Å². The van der Waals surface area contributed by atoms with Gasteiger partial charge in [-0.2, -0.15) is 0 Å². The molecule has 0 aromatic heterocycles. The number of rotatable bonds is 7. The number of benzene rings is 1. The van der Waals surface area contributed by atoms with Gasteiger partial charge in [0, 0.05) is 12.7 Å². The molecule has 0 saturated carbocycles. The van der Waals surface area contributed by atoms with Crippen molar-refractivity contribution in [3.63, 3.8) is 0 Å².